The molecule has 2 heterocycles. The maximum atomic E-state index is 10.7. The summed E-state index contributed by atoms with van der Waals surface area (Å²) >= 11 is 0. The second kappa shape index (κ2) is 3.79. The number of hydrogen-bond donors (Lipinski definition) is 2. The van der Waals surface area contributed by atoms with Gasteiger partial charge in [-0.05, 0) is 6.42 Å². The monoisotopic (exact) mass is 214 g/mol. The van der Waals surface area contributed by atoms with Crippen molar-refractivity contribution in [3.8, 4) is 0 Å². The first-order chi connectivity index (χ1) is 7.11. The SMILES string of the molecule is CC[C@H]1O[C@H]2N=C(NC(C)=O)O[C@@H]2C1O. The molecule has 0 spiro atoms. The molecule has 0 aromatic carbocycles. The highest BCUT2D eigenvalue weighted by Gasteiger charge is 2.48. The van der Waals surface area contributed by atoms with Crippen LogP contribution in [-0.2, 0) is 14.3 Å². The van der Waals surface area contributed by atoms with Crippen molar-refractivity contribution in [2.45, 2.75) is 44.8 Å². The fraction of sp³-hybridized carbons (Fsp3) is 0.778. The number of rotatable bonds is 1. The van der Waals surface area contributed by atoms with Gasteiger partial charge in [0.2, 0.25) is 5.91 Å². The normalized spacial score (nSPS) is 38.2. The van der Waals surface area contributed by atoms with Crippen molar-refractivity contribution in [2.75, 3.05) is 0 Å². The number of aliphatic imine (C=N–C) groups is 1. The van der Waals surface area contributed by atoms with Crippen LogP contribution in [0.1, 0.15) is 20.3 Å². The highest BCUT2D eigenvalue weighted by molar-refractivity contribution is 5.93. The van der Waals surface area contributed by atoms with Crippen molar-refractivity contribution in [1.29, 1.82) is 0 Å². The number of carbonyl (C=O) groups is 1. The predicted octanol–water partition coefficient (Wildman–Crippen LogP) is -0.627. The number of hydrogen-bond acceptors (Lipinski definition) is 5. The van der Waals surface area contributed by atoms with Gasteiger partial charge in [-0.25, -0.2) is 0 Å². The molecule has 0 aromatic heterocycles. The second-order valence-corrected chi connectivity index (χ2v) is 3.66. The lowest BCUT2D eigenvalue weighted by Crippen LogP contribution is -2.36. The Morgan fingerprint density at radius 3 is 2.93 bits per heavy atom. The molecule has 1 fully saturated rings. The zero-order valence-electron chi connectivity index (χ0n) is 8.64. The molecule has 6 nitrogen and oxygen atoms in total. The summed E-state index contributed by atoms with van der Waals surface area (Å²) in [6, 6.07) is 0.131. The molecule has 2 aliphatic heterocycles. The zero-order chi connectivity index (χ0) is 11.0. The first kappa shape index (κ1) is 10.4. The van der Waals surface area contributed by atoms with Gasteiger partial charge in [0.1, 0.15) is 6.10 Å². The fourth-order valence-electron chi connectivity index (χ4n) is 1.77. The topological polar surface area (TPSA) is 80.2 Å². The van der Waals surface area contributed by atoms with Crippen molar-refractivity contribution in [3.63, 3.8) is 0 Å². The van der Waals surface area contributed by atoms with E-state index in [0.29, 0.717) is 6.42 Å². The second-order valence-electron chi connectivity index (χ2n) is 3.66. The first-order valence-corrected chi connectivity index (χ1v) is 4.97. The smallest absolute Gasteiger partial charge is 0.294 e. The number of nitrogens with zero attached hydrogens (tertiary/aromatic N) is 1. The predicted molar refractivity (Wildman–Crippen MR) is 51.1 cm³/mol. The average molecular weight is 214 g/mol. The molecule has 84 valence electrons. The van der Waals surface area contributed by atoms with E-state index in [-0.39, 0.29) is 18.0 Å². The molecule has 4 atom stereocenters. The van der Waals surface area contributed by atoms with E-state index in [9.17, 15) is 9.90 Å². The lowest BCUT2D eigenvalue weighted by molar-refractivity contribution is -0.118. The van der Waals surface area contributed by atoms with Gasteiger partial charge in [-0.3, -0.25) is 10.1 Å². The number of aliphatic hydroxyl groups excluding tert-OH is 1. The molecule has 2 aliphatic rings. The van der Waals surface area contributed by atoms with Crippen LogP contribution in [0.4, 0.5) is 0 Å². The minimum Gasteiger partial charge on any atom is -0.454 e. The molecule has 15 heavy (non-hydrogen) atoms. The maximum Gasteiger partial charge on any atom is 0.294 e. The molecular formula is C9H14N2O4. The van der Waals surface area contributed by atoms with Gasteiger partial charge in [0.25, 0.3) is 6.02 Å². The van der Waals surface area contributed by atoms with Crippen LogP contribution in [0.2, 0.25) is 0 Å². The Hall–Kier alpha value is -1.14. The molecule has 2 N–H and O–H groups in total. The number of carbonyl (C=O) groups excluding carboxylic acids is 1. The molecule has 0 saturated carbocycles. The Morgan fingerprint density at radius 1 is 1.67 bits per heavy atom. The highest BCUT2D eigenvalue weighted by atomic mass is 16.6. The van der Waals surface area contributed by atoms with Crippen molar-refractivity contribution >= 4 is 11.9 Å². The third-order valence-electron chi connectivity index (χ3n) is 2.49. The summed E-state index contributed by atoms with van der Waals surface area (Å²) < 4.78 is 10.7. The minimum absolute atomic E-state index is 0.131. The Bertz CT molecular complexity index is 304. The Morgan fingerprint density at radius 2 is 2.40 bits per heavy atom. The number of nitrogens with one attached hydrogen (secondary N) is 1. The number of amides is 1. The molecular weight excluding hydrogens is 200 g/mol. The fourth-order valence-corrected chi connectivity index (χ4v) is 1.77. The number of amidine groups is 1. The van der Waals surface area contributed by atoms with E-state index < -0.39 is 18.4 Å². The third-order valence-corrected chi connectivity index (χ3v) is 2.49. The molecule has 0 radical (unpaired) electrons. The molecule has 0 bridgehead atoms. The third kappa shape index (κ3) is 1.82. The van der Waals surface area contributed by atoms with Crippen molar-refractivity contribution in [3.05, 3.63) is 0 Å². The van der Waals surface area contributed by atoms with Gasteiger partial charge in [-0.2, -0.15) is 4.99 Å². The Kier molecular flexibility index (Phi) is 2.62. The summed E-state index contributed by atoms with van der Waals surface area (Å²) in [4.78, 5) is 14.8. The van der Waals surface area contributed by atoms with Gasteiger partial charge in [0.05, 0.1) is 6.10 Å². The van der Waals surface area contributed by atoms with Crippen LogP contribution >= 0.6 is 0 Å². The largest absolute Gasteiger partial charge is 0.454 e. The van der Waals surface area contributed by atoms with Gasteiger partial charge < -0.3 is 14.6 Å². The van der Waals surface area contributed by atoms with Crippen LogP contribution in [0.25, 0.3) is 0 Å². The maximum absolute atomic E-state index is 10.7. The summed E-state index contributed by atoms with van der Waals surface area (Å²) in [6.07, 6.45) is -1.19. The van der Waals surface area contributed by atoms with Gasteiger partial charge in [0.15, 0.2) is 12.3 Å². The van der Waals surface area contributed by atoms with Crippen molar-refractivity contribution in [1.82, 2.24) is 5.32 Å². The summed E-state index contributed by atoms with van der Waals surface area (Å²) in [5, 5.41) is 12.2. The van der Waals surface area contributed by atoms with Crippen LogP contribution in [0.15, 0.2) is 4.99 Å². The van der Waals surface area contributed by atoms with E-state index in [0.717, 1.165) is 0 Å². The molecule has 1 unspecified atom stereocenters. The lowest BCUT2D eigenvalue weighted by Gasteiger charge is -2.15. The van der Waals surface area contributed by atoms with Crippen LogP contribution in [0, 0.1) is 0 Å². The molecule has 6 heteroatoms. The Balaban J connectivity index is 2.01. The molecule has 1 amide bonds. The van der Waals surface area contributed by atoms with Crippen LogP contribution in [0.5, 0.6) is 0 Å². The number of aliphatic hydroxyl groups is 1. The Labute approximate surface area is 87.3 Å². The van der Waals surface area contributed by atoms with Gasteiger partial charge in [-0.1, -0.05) is 6.92 Å². The van der Waals surface area contributed by atoms with E-state index in [1.807, 2.05) is 6.92 Å². The minimum atomic E-state index is -0.685. The van der Waals surface area contributed by atoms with E-state index >= 15 is 0 Å². The molecule has 0 aliphatic carbocycles. The molecule has 0 aromatic rings. The van der Waals surface area contributed by atoms with E-state index in [1.54, 1.807) is 0 Å². The first-order valence-electron chi connectivity index (χ1n) is 4.97. The van der Waals surface area contributed by atoms with E-state index in [2.05, 4.69) is 10.3 Å². The van der Waals surface area contributed by atoms with Crippen molar-refractivity contribution < 1.29 is 19.4 Å². The summed E-state index contributed by atoms with van der Waals surface area (Å²) in [5.41, 5.74) is 0. The van der Waals surface area contributed by atoms with Gasteiger partial charge in [-0.15, -0.1) is 0 Å². The van der Waals surface area contributed by atoms with E-state index in [4.69, 9.17) is 9.47 Å². The summed E-state index contributed by atoms with van der Waals surface area (Å²) in [7, 11) is 0. The number of ether oxygens (including phenoxy) is 2. The highest BCUT2D eigenvalue weighted by Crippen LogP contribution is 2.30. The van der Waals surface area contributed by atoms with Crippen molar-refractivity contribution in [2.24, 2.45) is 4.99 Å². The summed E-state index contributed by atoms with van der Waals surface area (Å²) in [6.45, 7) is 3.29. The lowest BCUT2D eigenvalue weighted by atomic mass is 10.1. The average Bonchev–Trinajstić information content (AvgIpc) is 2.65. The quantitative estimate of drug-likeness (QED) is 0.609. The molecule has 2 rings (SSSR count). The number of fused-ring (bicyclic) bond motifs is 1. The molecule has 1 saturated heterocycles. The van der Waals surface area contributed by atoms with Gasteiger partial charge in [0, 0.05) is 6.92 Å². The van der Waals surface area contributed by atoms with Crippen LogP contribution in [0.3, 0.4) is 0 Å². The standard InChI is InChI=1S/C9H14N2O4/c1-3-5-6(13)7-8(14-5)11-9(15-7)10-4(2)12/h5-8,13H,3H2,1-2H3,(H,10,11,12)/t5-,6?,7-,8-/m1/s1. The summed E-state index contributed by atoms with van der Waals surface area (Å²) in [5.74, 6) is -0.254. The van der Waals surface area contributed by atoms with Crippen LogP contribution < -0.4 is 5.32 Å². The zero-order valence-corrected chi connectivity index (χ0v) is 8.64. The van der Waals surface area contributed by atoms with E-state index in [1.165, 1.54) is 6.92 Å². The van der Waals surface area contributed by atoms with Crippen LogP contribution in [-0.4, -0.2) is 41.6 Å². The van der Waals surface area contributed by atoms with Gasteiger partial charge >= 0.3 is 0 Å².